The molecule has 19 heavy (non-hydrogen) atoms. The molecule has 2 N–H and O–H groups in total. The van der Waals surface area contributed by atoms with Crippen LogP contribution in [-0.2, 0) is 19.5 Å². The molecule has 1 aliphatic heterocycles. The number of hydrogen-bond acceptors (Lipinski definition) is 4. The molecule has 2 heterocycles. The molecule has 0 fully saturated rings. The van der Waals surface area contributed by atoms with Crippen molar-refractivity contribution in [3.63, 3.8) is 0 Å². The lowest BCUT2D eigenvalue weighted by atomic mass is 9.99. The van der Waals surface area contributed by atoms with Crippen LogP contribution in [0.25, 0.3) is 0 Å². The molecule has 2 aromatic rings. The maximum atomic E-state index is 5.84. The normalized spacial score (nSPS) is 14.2. The van der Waals surface area contributed by atoms with Gasteiger partial charge >= 0.3 is 0 Å². The van der Waals surface area contributed by atoms with Crippen LogP contribution >= 0.6 is 38.9 Å². The van der Waals surface area contributed by atoms with Gasteiger partial charge < -0.3 is 10.6 Å². The van der Waals surface area contributed by atoms with Crippen molar-refractivity contribution in [2.75, 3.05) is 11.9 Å². The van der Waals surface area contributed by atoms with Gasteiger partial charge in [0.05, 0.1) is 6.54 Å². The third-order valence-corrected chi connectivity index (χ3v) is 5.06. The van der Waals surface area contributed by atoms with Gasteiger partial charge in [-0.15, -0.1) is 11.3 Å². The molecule has 0 saturated heterocycles. The summed E-state index contributed by atoms with van der Waals surface area (Å²) in [4.78, 5) is 5.20. The number of thiazole rings is 1. The fraction of sp³-hybridized carbons (Fsp3) is 0.308. The molecule has 1 aromatic heterocycles. The fourth-order valence-corrected chi connectivity index (χ4v) is 3.76. The van der Waals surface area contributed by atoms with Gasteiger partial charge in [0.25, 0.3) is 0 Å². The Morgan fingerprint density at radius 2 is 2.32 bits per heavy atom. The SMILES string of the molecule is Clc1ncc(CNc2ccc(Br)c3c2CNCC3)s1. The van der Waals surface area contributed by atoms with Gasteiger partial charge in [-0.3, -0.25) is 0 Å². The highest BCUT2D eigenvalue weighted by atomic mass is 79.9. The average Bonchev–Trinajstić information content (AvgIpc) is 2.84. The Kier molecular flexibility index (Phi) is 4.07. The van der Waals surface area contributed by atoms with Crippen LogP contribution < -0.4 is 10.6 Å². The Balaban J connectivity index is 1.81. The first-order valence-corrected chi connectivity index (χ1v) is 8.08. The molecule has 0 atom stereocenters. The van der Waals surface area contributed by atoms with Crippen LogP contribution in [0.15, 0.2) is 22.8 Å². The molecule has 3 nitrogen and oxygen atoms in total. The Morgan fingerprint density at radius 3 is 3.11 bits per heavy atom. The standard InChI is InChI=1S/C13H13BrClN3S/c14-11-1-2-12(10-7-16-4-3-9(10)11)17-5-8-6-18-13(15)19-8/h1-2,6,16-17H,3-5,7H2. The van der Waals surface area contributed by atoms with Crippen molar-refractivity contribution in [1.29, 1.82) is 0 Å². The first-order chi connectivity index (χ1) is 9.24. The summed E-state index contributed by atoms with van der Waals surface area (Å²) in [5.74, 6) is 0. The summed E-state index contributed by atoms with van der Waals surface area (Å²) in [5, 5.41) is 6.90. The second-order valence-electron chi connectivity index (χ2n) is 4.41. The van der Waals surface area contributed by atoms with Crippen LogP contribution in [-0.4, -0.2) is 11.5 Å². The predicted octanol–water partition coefficient (Wildman–Crippen LogP) is 3.82. The lowest BCUT2D eigenvalue weighted by molar-refractivity contribution is 0.643. The number of aromatic nitrogens is 1. The van der Waals surface area contributed by atoms with Crippen molar-refractivity contribution < 1.29 is 0 Å². The van der Waals surface area contributed by atoms with Crippen LogP contribution in [0.3, 0.4) is 0 Å². The number of fused-ring (bicyclic) bond motifs is 1. The Morgan fingerprint density at radius 1 is 1.42 bits per heavy atom. The number of nitrogens with one attached hydrogen (secondary N) is 2. The third kappa shape index (κ3) is 2.94. The summed E-state index contributed by atoms with van der Waals surface area (Å²) in [6, 6.07) is 4.24. The largest absolute Gasteiger partial charge is 0.380 e. The lowest BCUT2D eigenvalue weighted by Gasteiger charge is -2.22. The minimum Gasteiger partial charge on any atom is -0.380 e. The molecular weight excluding hydrogens is 346 g/mol. The zero-order valence-electron chi connectivity index (χ0n) is 10.2. The highest BCUT2D eigenvalue weighted by molar-refractivity contribution is 9.10. The van der Waals surface area contributed by atoms with E-state index in [0.717, 1.165) is 30.9 Å². The van der Waals surface area contributed by atoms with Crippen LogP contribution in [0.1, 0.15) is 16.0 Å². The van der Waals surface area contributed by atoms with Crippen molar-refractivity contribution in [3.8, 4) is 0 Å². The van der Waals surface area contributed by atoms with E-state index in [1.165, 1.54) is 32.6 Å². The zero-order valence-corrected chi connectivity index (χ0v) is 13.3. The summed E-state index contributed by atoms with van der Waals surface area (Å²) < 4.78 is 1.80. The quantitative estimate of drug-likeness (QED) is 0.876. The molecule has 0 bridgehead atoms. The van der Waals surface area contributed by atoms with Gasteiger partial charge in [-0.05, 0) is 36.2 Å². The molecule has 0 unspecified atom stereocenters. The average molecular weight is 359 g/mol. The van der Waals surface area contributed by atoms with Gasteiger partial charge in [-0.25, -0.2) is 4.98 Å². The number of halogens is 2. The summed E-state index contributed by atoms with van der Waals surface area (Å²) in [6.45, 7) is 2.72. The Hall–Kier alpha value is -0.620. The molecular formula is C13H13BrClN3S. The maximum Gasteiger partial charge on any atom is 0.183 e. The van der Waals surface area contributed by atoms with Gasteiger partial charge in [-0.2, -0.15) is 0 Å². The summed E-state index contributed by atoms with van der Waals surface area (Å²) in [5.41, 5.74) is 3.96. The Bertz CT molecular complexity index is 600. The predicted molar refractivity (Wildman–Crippen MR) is 84.0 cm³/mol. The van der Waals surface area contributed by atoms with Crippen molar-refractivity contribution in [2.45, 2.75) is 19.5 Å². The summed E-state index contributed by atoms with van der Waals surface area (Å²) in [7, 11) is 0. The number of nitrogens with zero attached hydrogens (tertiary/aromatic N) is 1. The molecule has 0 saturated carbocycles. The highest BCUT2D eigenvalue weighted by Gasteiger charge is 2.15. The van der Waals surface area contributed by atoms with Crippen molar-refractivity contribution >= 4 is 44.6 Å². The highest BCUT2D eigenvalue weighted by Crippen LogP contribution is 2.30. The molecule has 6 heteroatoms. The third-order valence-electron chi connectivity index (χ3n) is 3.21. The van der Waals surface area contributed by atoms with Crippen LogP contribution in [0, 0.1) is 0 Å². The lowest BCUT2D eigenvalue weighted by Crippen LogP contribution is -2.25. The zero-order chi connectivity index (χ0) is 13.2. The molecule has 100 valence electrons. The van der Waals surface area contributed by atoms with E-state index in [1.807, 2.05) is 6.20 Å². The van der Waals surface area contributed by atoms with E-state index in [-0.39, 0.29) is 0 Å². The molecule has 3 rings (SSSR count). The minimum atomic E-state index is 0.594. The number of anilines is 1. The van der Waals surface area contributed by atoms with Crippen LogP contribution in [0.2, 0.25) is 4.47 Å². The number of rotatable bonds is 3. The fourth-order valence-electron chi connectivity index (χ4n) is 2.28. The first kappa shape index (κ1) is 13.4. The summed E-state index contributed by atoms with van der Waals surface area (Å²) in [6.07, 6.45) is 2.89. The smallest absolute Gasteiger partial charge is 0.183 e. The van der Waals surface area contributed by atoms with E-state index in [1.54, 1.807) is 0 Å². The van der Waals surface area contributed by atoms with Gasteiger partial charge in [0.15, 0.2) is 4.47 Å². The Labute approximate surface area is 129 Å². The molecule has 0 amide bonds. The maximum absolute atomic E-state index is 5.84. The van der Waals surface area contributed by atoms with Crippen LogP contribution in [0.4, 0.5) is 5.69 Å². The summed E-state index contributed by atoms with van der Waals surface area (Å²) >= 11 is 11.0. The van der Waals surface area contributed by atoms with E-state index in [4.69, 9.17) is 11.6 Å². The molecule has 0 aliphatic carbocycles. The van der Waals surface area contributed by atoms with Gasteiger partial charge in [0.2, 0.25) is 0 Å². The van der Waals surface area contributed by atoms with E-state index >= 15 is 0 Å². The topological polar surface area (TPSA) is 37.0 Å². The van der Waals surface area contributed by atoms with Crippen molar-refractivity contribution in [3.05, 3.63) is 43.3 Å². The molecule has 1 aromatic carbocycles. The van der Waals surface area contributed by atoms with Crippen LogP contribution in [0.5, 0.6) is 0 Å². The second-order valence-corrected chi connectivity index (χ2v) is 6.96. The van der Waals surface area contributed by atoms with E-state index in [2.05, 4.69) is 43.7 Å². The molecule has 0 radical (unpaired) electrons. The van der Waals surface area contributed by atoms with Crippen molar-refractivity contribution in [1.82, 2.24) is 10.3 Å². The van der Waals surface area contributed by atoms with Crippen molar-refractivity contribution in [2.24, 2.45) is 0 Å². The van der Waals surface area contributed by atoms with Gasteiger partial charge in [0.1, 0.15) is 0 Å². The number of hydrogen-bond donors (Lipinski definition) is 2. The monoisotopic (exact) mass is 357 g/mol. The minimum absolute atomic E-state index is 0.594. The van der Waals surface area contributed by atoms with E-state index in [0.29, 0.717) is 4.47 Å². The molecule has 0 spiro atoms. The second kappa shape index (κ2) is 5.79. The van der Waals surface area contributed by atoms with E-state index < -0.39 is 0 Å². The van der Waals surface area contributed by atoms with Gasteiger partial charge in [0, 0.05) is 27.8 Å². The first-order valence-electron chi connectivity index (χ1n) is 6.09. The van der Waals surface area contributed by atoms with E-state index in [9.17, 15) is 0 Å². The molecule has 1 aliphatic rings. The number of benzene rings is 1. The van der Waals surface area contributed by atoms with Gasteiger partial charge in [-0.1, -0.05) is 27.5 Å².